The van der Waals surface area contributed by atoms with Gasteiger partial charge in [-0.3, -0.25) is 14.4 Å². The van der Waals surface area contributed by atoms with Crippen molar-refractivity contribution in [2.24, 2.45) is 0 Å². The first-order valence-corrected chi connectivity index (χ1v) is 19.2. The number of fused-ring (bicyclic) bond motifs is 5. The Hall–Kier alpha value is -4.66. The molecule has 3 N–H and O–H groups in total. The maximum atomic E-state index is 14.0. The molecule has 2 aromatic carbocycles. The third-order valence-corrected chi connectivity index (χ3v) is 10.0. The fourth-order valence-electron chi connectivity index (χ4n) is 6.38. The van der Waals surface area contributed by atoms with Crippen LogP contribution in [0.2, 0.25) is 0 Å². The maximum absolute atomic E-state index is 14.0. The lowest BCUT2D eigenvalue weighted by molar-refractivity contribution is -0.123. The van der Waals surface area contributed by atoms with Gasteiger partial charge in [0.15, 0.2) is 0 Å². The van der Waals surface area contributed by atoms with Crippen LogP contribution in [0.5, 0.6) is 0 Å². The van der Waals surface area contributed by atoms with Gasteiger partial charge in [-0.25, -0.2) is 9.48 Å². The molecular weight excluding hydrogens is 702 g/mol. The van der Waals surface area contributed by atoms with E-state index in [4.69, 9.17) is 14.2 Å². The molecule has 1 unspecified atom stereocenters. The van der Waals surface area contributed by atoms with E-state index in [1.165, 1.54) is 0 Å². The van der Waals surface area contributed by atoms with Gasteiger partial charge in [0, 0.05) is 44.2 Å². The zero-order chi connectivity index (χ0) is 40.0. The number of anilines is 1. The second-order valence-electron chi connectivity index (χ2n) is 15.1. The van der Waals surface area contributed by atoms with Crippen LogP contribution >= 0.6 is 0 Å². The summed E-state index contributed by atoms with van der Waals surface area (Å²) in [4.78, 5) is 52.6. The summed E-state index contributed by atoms with van der Waals surface area (Å²) in [6, 6.07) is 15.2. The van der Waals surface area contributed by atoms with Crippen molar-refractivity contribution >= 4 is 29.4 Å². The van der Waals surface area contributed by atoms with Gasteiger partial charge in [-0.15, -0.1) is 5.10 Å². The summed E-state index contributed by atoms with van der Waals surface area (Å²) in [5, 5.41) is 17.7. The number of hydrogen-bond acceptors (Lipinski definition) is 10. The van der Waals surface area contributed by atoms with E-state index in [1.807, 2.05) is 76.2 Å². The van der Waals surface area contributed by atoms with E-state index in [0.717, 1.165) is 36.0 Å². The molecule has 300 valence electrons. The third-order valence-electron chi connectivity index (χ3n) is 10.0. The summed E-state index contributed by atoms with van der Waals surface area (Å²) in [6.45, 7) is 11.3. The molecule has 0 bridgehead atoms. The average molecular weight is 762 g/mol. The lowest BCUT2D eigenvalue weighted by Crippen LogP contribution is -2.36. The van der Waals surface area contributed by atoms with Crippen molar-refractivity contribution < 1.29 is 33.4 Å². The molecule has 1 aliphatic heterocycles. The highest BCUT2D eigenvalue weighted by molar-refractivity contribution is 6.00. The van der Waals surface area contributed by atoms with Gasteiger partial charge in [-0.1, -0.05) is 47.7 Å². The van der Waals surface area contributed by atoms with Crippen molar-refractivity contribution in [2.45, 2.75) is 110 Å². The molecule has 14 heteroatoms. The SMILES string of the molecule is CNC(CCCCNC(=O)OCCn1nnc2c1-c1ccccc1N(C(=O)CCNC(=O)CCC(C)(C)OCCC(C)(C)OC)Cc1ccccc1-2)C(C)=O. The summed E-state index contributed by atoms with van der Waals surface area (Å²) >= 11 is 0. The van der Waals surface area contributed by atoms with Gasteiger partial charge < -0.3 is 35.1 Å². The van der Waals surface area contributed by atoms with Crippen LogP contribution in [0.25, 0.3) is 22.5 Å². The predicted octanol–water partition coefficient (Wildman–Crippen LogP) is 5.43. The number of carbonyl (C=O) groups excluding carboxylic acids is 4. The molecule has 4 rings (SSSR count). The minimum absolute atomic E-state index is 0.0509. The van der Waals surface area contributed by atoms with E-state index < -0.39 is 11.7 Å². The molecule has 0 aliphatic carbocycles. The second kappa shape index (κ2) is 20.3. The molecule has 3 amide bonds. The number of likely N-dealkylation sites (N-methyl/N-ethyl adjacent to an activating group) is 1. The largest absolute Gasteiger partial charge is 0.448 e. The standard InChI is InChI=1S/C41H59N7O7/c1-29(49)33(42-6)17-12-13-23-44-39(52)54-27-25-48-38-32-16-10-11-18-34(32)47(28-30-14-8-9-15-31(30)37(38)45-46-48)36(51)20-24-43-35(50)19-21-41(4,5)55-26-22-40(2,3)53-7/h8-11,14-16,18,33,42H,12-13,17,19-28H2,1-7H3,(H,43,50)(H,44,52). The quantitative estimate of drug-likeness (QED) is 0.119. The average Bonchev–Trinajstić information content (AvgIpc) is 3.56. The first-order valence-electron chi connectivity index (χ1n) is 19.2. The van der Waals surface area contributed by atoms with E-state index in [-0.39, 0.29) is 61.8 Å². The van der Waals surface area contributed by atoms with E-state index in [1.54, 1.807) is 30.7 Å². The first-order chi connectivity index (χ1) is 26.2. The Labute approximate surface area is 325 Å². The number of amides is 3. The van der Waals surface area contributed by atoms with Crippen molar-refractivity contribution in [3.05, 3.63) is 54.1 Å². The van der Waals surface area contributed by atoms with Crippen molar-refractivity contribution in [3.63, 3.8) is 0 Å². The number of hydrogen-bond donors (Lipinski definition) is 3. The summed E-state index contributed by atoms with van der Waals surface area (Å²) in [5.41, 5.74) is 3.83. The molecule has 1 aliphatic rings. The van der Waals surface area contributed by atoms with Crippen molar-refractivity contribution in [3.8, 4) is 22.5 Å². The Morgan fingerprint density at radius 1 is 0.873 bits per heavy atom. The van der Waals surface area contributed by atoms with Crippen LogP contribution < -0.4 is 20.9 Å². The fraction of sp³-hybridized carbons (Fsp3) is 0.561. The number of alkyl carbamates (subject to hydrolysis) is 1. The number of carbonyl (C=O) groups is 4. The number of nitrogens with one attached hydrogen (secondary N) is 3. The molecule has 14 nitrogen and oxygen atoms in total. The predicted molar refractivity (Wildman–Crippen MR) is 211 cm³/mol. The molecule has 2 heterocycles. The Balaban J connectivity index is 1.38. The third kappa shape index (κ3) is 12.7. The Kier molecular flexibility index (Phi) is 15.9. The number of unbranched alkanes of at least 4 members (excludes halogenated alkanes) is 1. The van der Waals surface area contributed by atoms with Crippen LogP contribution in [-0.4, -0.2) is 96.4 Å². The van der Waals surface area contributed by atoms with Gasteiger partial charge >= 0.3 is 6.09 Å². The van der Waals surface area contributed by atoms with Crippen LogP contribution in [0.3, 0.4) is 0 Å². The van der Waals surface area contributed by atoms with Gasteiger partial charge in [-0.05, 0) is 85.4 Å². The Morgan fingerprint density at radius 2 is 1.60 bits per heavy atom. The number of rotatable bonds is 21. The summed E-state index contributed by atoms with van der Waals surface area (Å²) in [5.74, 6) is -0.181. The zero-order valence-corrected chi connectivity index (χ0v) is 33.5. The van der Waals surface area contributed by atoms with Gasteiger partial charge in [0.2, 0.25) is 11.8 Å². The van der Waals surface area contributed by atoms with Gasteiger partial charge in [0.05, 0.1) is 48.3 Å². The topological polar surface area (TPSA) is 166 Å². The lowest BCUT2D eigenvalue weighted by Gasteiger charge is -2.29. The van der Waals surface area contributed by atoms with Gasteiger partial charge in [0.1, 0.15) is 18.1 Å². The van der Waals surface area contributed by atoms with Crippen LogP contribution in [-0.2, 0) is 41.7 Å². The number of aromatic nitrogens is 3. The number of nitrogens with zero attached hydrogens (tertiary/aromatic N) is 4. The van der Waals surface area contributed by atoms with E-state index in [0.29, 0.717) is 49.6 Å². The van der Waals surface area contributed by atoms with E-state index in [9.17, 15) is 19.2 Å². The molecule has 0 saturated heterocycles. The molecule has 3 aromatic rings. The van der Waals surface area contributed by atoms with Crippen LogP contribution in [0, 0.1) is 0 Å². The maximum Gasteiger partial charge on any atom is 0.407 e. The van der Waals surface area contributed by atoms with Gasteiger partial charge in [0.25, 0.3) is 0 Å². The fourth-order valence-corrected chi connectivity index (χ4v) is 6.38. The van der Waals surface area contributed by atoms with Crippen molar-refractivity contribution in [2.75, 3.05) is 45.4 Å². The number of benzene rings is 2. The highest BCUT2D eigenvalue weighted by Crippen LogP contribution is 2.41. The Bertz CT molecular complexity index is 1760. The molecule has 0 radical (unpaired) electrons. The summed E-state index contributed by atoms with van der Waals surface area (Å²) in [6.07, 6.45) is 3.34. The number of ether oxygens (including phenoxy) is 3. The molecule has 1 atom stereocenters. The lowest BCUT2D eigenvalue weighted by atomic mass is 9.95. The van der Waals surface area contributed by atoms with E-state index in [2.05, 4.69) is 26.3 Å². The van der Waals surface area contributed by atoms with Crippen LogP contribution in [0.15, 0.2) is 48.5 Å². The van der Waals surface area contributed by atoms with Gasteiger partial charge in [-0.2, -0.15) is 0 Å². The number of para-hydroxylation sites is 1. The molecular formula is C41H59N7O7. The number of Topliss-reactive ketones (excluding diaryl/α,β-unsaturated/α-hetero) is 1. The molecule has 0 saturated carbocycles. The highest BCUT2D eigenvalue weighted by atomic mass is 16.5. The summed E-state index contributed by atoms with van der Waals surface area (Å²) in [7, 11) is 3.45. The number of methoxy groups -OCH3 is 1. The number of ketones is 1. The smallest absolute Gasteiger partial charge is 0.407 e. The second-order valence-corrected chi connectivity index (χ2v) is 15.1. The first kappa shape index (κ1) is 43.1. The minimum atomic E-state index is -0.534. The minimum Gasteiger partial charge on any atom is -0.448 e. The van der Waals surface area contributed by atoms with Crippen molar-refractivity contribution in [1.29, 1.82) is 0 Å². The zero-order valence-electron chi connectivity index (χ0n) is 33.5. The normalized spacial score (nSPS) is 13.1. The van der Waals surface area contributed by atoms with Crippen LogP contribution in [0.4, 0.5) is 10.5 Å². The van der Waals surface area contributed by atoms with E-state index >= 15 is 0 Å². The summed E-state index contributed by atoms with van der Waals surface area (Å²) < 4.78 is 18.7. The monoisotopic (exact) mass is 761 g/mol. The molecule has 0 fully saturated rings. The Morgan fingerprint density at radius 3 is 2.33 bits per heavy atom. The van der Waals surface area contributed by atoms with Crippen LogP contribution in [0.1, 0.15) is 85.1 Å². The molecule has 55 heavy (non-hydrogen) atoms. The molecule has 0 spiro atoms. The highest BCUT2D eigenvalue weighted by Gasteiger charge is 2.29. The molecule has 1 aromatic heterocycles. The van der Waals surface area contributed by atoms with Crippen molar-refractivity contribution in [1.82, 2.24) is 30.9 Å².